The van der Waals surface area contributed by atoms with E-state index in [0.717, 1.165) is 26.1 Å². The fourth-order valence-corrected chi connectivity index (χ4v) is 1.50. The minimum absolute atomic E-state index is 0.119. The Kier molecular flexibility index (Phi) is 8.46. The highest BCUT2D eigenvalue weighted by Crippen LogP contribution is 2.04. The molecule has 0 aromatic carbocycles. The first-order chi connectivity index (χ1) is 6.24. The third kappa shape index (κ3) is 7.03. The highest BCUT2D eigenvalue weighted by molar-refractivity contribution is 4.62. The molecule has 0 radical (unpaired) electrons. The van der Waals surface area contributed by atoms with E-state index < -0.39 is 0 Å². The molecule has 2 nitrogen and oxygen atoms in total. The van der Waals surface area contributed by atoms with Gasteiger partial charge in [-0.2, -0.15) is 0 Å². The maximum Gasteiger partial charge on any atom is 0.0667 e. The van der Waals surface area contributed by atoms with Crippen molar-refractivity contribution in [2.24, 2.45) is 0 Å². The van der Waals surface area contributed by atoms with Crippen LogP contribution in [0.3, 0.4) is 0 Å². The van der Waals surface area contributed by atoms with Gasteiger partial charge in [0, 0.05) is 6.54 Å². The number of hydrogen-bond donors (Lipinski definition) is 1. The summed E-state index contributed by atoms with van der Waals surface area (Å²) in [5, 5.41) is 9.67. The zero-order valence-electron chi connectivity index (χ0n) is 9.42. The summed E-state index contributed by atoms with van der Waals surface area (Å²) in [6, 6.07) is 0. The molecule has 2 heteroatoms. The van der Waals surface area contributed by atoms with Gasteiger partial charge < -0.3 is 10.0 Å². The third-order valence-corrected chi connectivity index (χ3v) is 2.50. The molecule has 0 bridgehead atoms. The van der Waals surface area contributed by atoms with Gasteiger partial charge in [0.25, 0.3) is 0 Å². The molecule has 0 rings (SSSR count). The molecule has 0 aromatic rings. The molecular formula is C11H25NO. The van der Waals surface area contributed by atoms with Gasteiger partial charge in [0.15, 0.2) is 0 Å². The van der Waals surface area contributed by atoms with Crippen LogP contribution in [0.25, 0.3) is 0 Å². The van der Waals surface area contributed by atoms with Crippen LogP contribution in [0.4, 0.5) is 0 Å². The van der Waals surface area contributed by atoms with Crippen LogP contribution in [0.5, 0.6) is 0 Å². The van der Waals surface area contributed by atoms with Crippen molar-refractivity contribution in [1.82, 2.24) is 4.90 Å². The van der Waals surface area contributed by atoms with E-state index in [1.807, 2.05) is 0 Å². The number of nitrogens with zero attached hydrogens (tertiary/aromatic N) is 1. The summed E-state index contributed by atoms with van der Waals surface area (Å²) < 4.78 is 0. The van der Waals surface area contributed by atoms with Crippen molar-refractivity contribution in [3.8, 4) is 0 Å². The third-order valence-electron chi connectivity index (χ3n) is 2.50. The highest BCUT2D eigenvalue weighted by Gasteiger charge is 2.07. The summed E-state index contributed by atoms with van der Waals surface area (Å²) >= 11 is 0. The van der Waals surface area contributed by atoms with Gasteiger partial charge in [-0.05, 0) is 19.5 Å². The lowest BCUT2D eigenvalue weighted by Gasteiger charge is -2.21. The van der Waals surface area contributed by atoms with Gasteiger partial charge in [0.05, 0.1) is 6.10 Å². The maximum absolute atomic E-state index is 9.67. The minimum Gasteiger partial charge on any atom is -0.392 e. The van der Waals surface area contributed by atoms with Gasteiger partial charge in [-0.15, -0.1) is 0 Å². The van der Waals surface area contributed by atoms with Crippen LogP contribution in [0, 0.1) is 0 Å². The molecule has 13 heavy (non-hydrogen) atoms. The largest absolute Gasteiger partial charge is 0.392 e. The average molecular weight is 187 g/mol. The Labute approximate surface area is 82.9 Å². The first-order valence-electron chi connectivity index (χ1n) is 5.64. The van der Waals surface area contributed by atoms with Crippen LogP contribution >= 0.6 is 0 Å². The van der Waals surface area contributed by atoms with Crippen molar-refractivity contribution in [3.63, 3.8) is 0 Å². The van der Waals surface area contributed by atoms with Gasteiger partial charge in [-0.25, -0.2) is 0 Å². The van der Waals surface area contributed by atoms with E-state index in [0.29, 0.717) is 0 Å². The van der Waals surface area contributed by atoms with Crippen molar-refractivity contribution in [1.29, 1.82) is 0 Å². The van der Waals surface area contributed by atoms with Gasteiger partial charge in [0.2, 0.25) is 0 Å². The molecule has 1 atom stereocenters. The van der Waals surface area contributed by atoms with Gasteiger partial charge in [0.1, 0.15) is 0 Å². The molecule has 0 aliphatic carbocycles. The first-order valence-corrected chi connectivity index (χ1v) is 5.64. The van der Waals surface area contributed by atoms with E-state index >= 15 is 0 Å². The lowest BCUT2D eigenvalue weighted by Crippen LogP contribution is -2.32. The topological polar surface area (TPSA) is 23.5 Å². The summed E-state index contributed by atoms with van der Waals surface area (Å²) in [6.07, 6.45) is 4.49. The zero-order valence-corrected chi connectivity index (χ0v) is 9.42. The van der Waals surface area contributed by atoms with Gasteiger partial charge in [-0.3, -0.25) is 0 Å². The summed E-state index contributed by atoms with van der Waals surface area (Å²) in [5.74, 6) is 0. The Hall–Kier alpha value is -0.0800. The Morgan fingerprint density at radius 2 is 1.69 bits per heavy atom. The second-order valence-corrected chi connectivity index (χ2v) is 3.64. The predicted molar refractivity (Wildman–Crippen MR) is 57.9 cm³/mol. The molecule has 0 spiro atoms. The van der Waals surface area contributed by atoms with E-state index in [1.54, 1.807) is 0 Å². The lowest BCUT2D eigenvalue weighted by atomic mass is 10.1. The van der Waals surface area contributed by atoms with Crippen molar-refractivity contribution in [2.75, 3.05) is 19.6 Å². The molecule has 0 saturated heterocycles. The van der Waals surface area contributed by atoms with Crippen LogP contribution in [0.2, 0.25) is 0 Å². The van der Waals surface area contributed by atoms with E-state index in [-0.39, 0.29) is 6.10 Å². The highest BCUT2D eigenvalue weighted by atomic mass is 16.3. The molecule has 1 N–H and O–H groups in total. The summed E-state index contributed by atoms with van der Waals surface area (Å²) in [5.41, 5.74) is 0. The molecule has 0 saturated carbocycles. The summed E-state index contributed by atoms with van der Waals surface area (Å²) in [6.45, 7) is 9.40. The molecule has 0 aromatic heterocycles. The molecule has 0 fully saturated rings. The smallest absolute Gasteiger partial charge is 0.0667 e. The van der Waals surface area contributed by atoms with Gasteiger partial charge in [-0.1, -0.05) is 40.0 Å². The van der Waals surface area contributed by atoms with Gasteiger partial charge >= 0.3 is 0 Å². The van der Waals surface area contributed by atoms with E-state index in [2.05, 4.69) is 25.7 Å². The molecule has 0 amide bonds. The normalized spacial score (nSPS) is 13.6. The SMILES string of the molecule is CCCCCC(O)CN(CC)CC. The number of hydrogen-bond acceptors (Lipinski definition) is 2. The molecule has 0 aliphatic heterocycles. The molecular weight excluding hydrogens is 162 g/mol. The Bertz CT molecular complexity index is 102. The Morgan fingerprint density at radius 1 is 1.08 bits per heavy atom. The van der Waals surface area contributed by atoms with Crippen LogP contribution in [-0.2, 0) is 0 Å². The fraction of sp³-hybridized carbons (Fsp3) is 1.00. The summed E-state index contributed by atoms with van der Waals surface area (Å²) in [7, 11) is 0. The number of rotatable bonds is 8. The Morgan fingerprint density at radius 3 is 2.15 bits per heavy atom. The Balaban J connectivity index is 3.42. The number of likely N-dealkylation sites (N-methyl/N-ethyl adjacent to an activating group) is 1. The van der Waals surface area contributed by atoms with Crippen molar-refractivity contribution < 1.29 is 5.11 Å². The second-order valence-electron chi connectivity index (χ2n) is 3.64. The number of aliphatic hydroxyl groups is 1. The summed E-state index contributed by atoms with van der Waals surface area (Å²) in [4.78, 5) is 2.27. The predicted octanol–water partition coefficient (Wildman–Crippen LogP) is 2.27. The van der Waals surface area contributed by atoms with Crippen LogP contribution in [0.1, 0.15) is 46.5 Å². The zero-order chi connectivity index (χ0) is 10.1. The quantitative estimate of drug-likeness (QED) is 0.589. The molecule has 0 aliphatic rings. The standard InChI is InChI=1S/C11H25NO/c1-4-7-8-9-11(13)10-12(5-2)6-3/h11,13H,4-10H2,1-3H3. The van der Waals surface area contributed by atoms with Crippen LogP contribution < -0.4 is 0 Å². The van der Waals surface area contributed by atoms with E-state index in [1.165, 1.54) is 19.3 Å². The van der Waals surface area contributed by atoms with Crippen molar-refractivity contribution in [3.05, 3.63) is 0 Å². The monoisotopic (exact) mass is 187 g/mol. The second kappa shape index (κ2) is 8.52. The van der Waals surface area contributed by atoms with Crippen molar-refractivity contribution in [2.45, 2.75) is 52.6 Å². The fourth-order valence-electron chi connectivity index (χ4n) is 1.50. The maximum atomic E-state index is 9.67. The number of aliphatic hydroxyl groups excluding tert-OH is 1. The molecule has 80 valence electrons. The van der Waals surface area contributed by atoms with Crippen LogP contribution in [0.15, 0.2) is 0 Å². The first kappa shape index (κ1) is 12.9. The lowest BCUT2D eigenvalue weighted by molar-refractivity contribution is 0.108. The molecule has 1 unspecified atom stereocenters. The van der Waals surface area contributed by atoms with Crippen LogP contribution in [-0.4, -0.2) is 35.7 Å². The van der Waals surface area contributed by atoms with E-state index in [9.17, 15) is 5.11 Å². The number of unbranched alkanes of at least 4 members (excludes halogenated alkanes) is 2. The average Bonchev–Trinajstić information content (AvgIpc) is 2.14. The minimum atomic E-state index is -0.119. The van der Waals surface area contributed by atoms with Crippen molar-refractivity contribution >= 4 is 0 Å². The van der Waals surface area contributed by atoms with E-state index in [4.69, 9.17) is 0 Å². The molecule has 0 heterocycles.